The van der Waals surface area contributed by atoms with Gasteiger partial charge in [0.1, 0.15) is 11.1 Å². The topological polar surface area (TPSA) is 231 Å². The third-order valence-electron chi connectivity index (χ3n) is 3.30. The first-order chi connectivity index (χ1) is 13.4. The number of carboxylic acid groups (broad SMARTS) is 2. The Hall–Kier alpha value is -4.62. The molecule has 0 aliphatic heterocycles. The number of carbonyl (C=O) groups is 2. The summed E-state index contributed by atoms with van der Waals surface area (Å²) < 4.78 is 4.59. The zero-order valence-electron chi connectivity index (χ0n) is 14.3. The van der Waals surface area contributed by atoms with Gasteiger partial charge in [-0.1, -0.05) is 0 Å². The molecular weight excluding hydrogens is 400 g/mol. The molecule has 0 heterocycles. The van der Waals surface area contributed by atoms with Crippen molar-refractivity contribution >= 4 is 23.3 Å². The highest BCUT2D eigenvalue weighted by molar-refractivity contribution is 5.93. The summed E-state index contributed by atoms with van der Waals surface area (Å²) in [4.78, 5) is 40.0. The third-order valence-corrected chi connectivity index (χ3v) is 3.30. The molecule has 0 amide bonds. The van der Waals surface area contributed by atoms with E-state index < -0.39 is 61.7 Å². The maximum absolute atomic E-state index is 10.7. The van der Waals surface area contributed by atoms with E-state index in [1.54, 1.807) is 0 Å². The summed E-state index contributed by atoms with van der Waals surface area (Å²) in [7, 11) is 1.12. The van der Waals surface area contributed by atoms with E-state index in [0.717, 1.165) is 31.4 Å². The molecule has 0 fully saturated rings. The number of methoxy groups -OCH3 is 1. The van der Waals surface area contributed by atoms with Crippen molar-refractivity contribution in [3.05, 3.63) is 55.6 Å². The monoisotopic (exact) mass is 412 g/mol. The Labute approximate surface area is 159 Å². The first kappa shape index (κ1) is 22.4. The molecule has 0 radical (unpaired) electrons. The van der Waals surface area contributed by atoms with Crippen LogP contribution < -0.4 is 4.74 Å². The number of rotatable bonds is 5. The zero-order chi connectivity index (χ0) is 22.5. The molecule has 14 nitrogen and oxygen atoms in total. The first-order valence-electron chi connectivity index (χ1n) is 7.14. The quantitative estimate of drug-likeness (QED) is 0.268. The zero-order valence-corrected chi connectivity index (χ0v) is 14.3. The van der Waals surface area contributed by atoms with E-state index in [9.17, 15) is 34.9 Å². The molecule has 5 N–H and O–H groups in total. The average Bonchev–Trinajstić information content (AvgIpc) is 2.63. The van der Waals surface area contributed by atoms with Gasteiger partial charge in [0.05, 0.1) is 17.0 Å². The van der Waals surface area contributed by atoms with Crippen molar-refractivity contribution in [2.45, 2.75) is 0 Å². The largest absolute Gasteiger partial charge is 0.503 e. The van der Waals surface area contributed by atoms with Crippen molar-refractivity contribution in [1.29, 1.82) is 0 Å². The Morgan fingerprint density at radius 3 is 1.59 bits per heavy atom. The van der Waals surface area contributed by atoms with Crippen molar-refractivity contribution in [2.24, 2.45) is 0 Å². The van der Waals surface area contributed by atoms with Crippen LogP contribution in [0.5, 0.6) is 23.0 Å². The molecule has 2 aromatic rings. The highest BCUT2D eigenvalue weighted by Crippen LogP contribution is 2.38. The van der Waals surface area contributed by atoms with E-state index in [-0.39, 0.29) is 5.56 Å². The molecule has 29 heavy (non-hydrogen) atoms. The van der Waals surface area contributed by atoms with Gasteiger partial charge in [-0.3, -0.25) is 20.2 Å². The summed E-state index contributed by atoms with van der Waals surface area (Å²) in [6.45, 7) is 0. The maximum Gasteiger partial charge on any atom is 0.339 e. The Bertz CT molecular complexity index is 962. The van der Waals surface area contributed by atoms with E-state index in [4.69, 9.17) is 20.4 Å². The molecule has 0 spiro atoms. The second-order valence-electron chi connectivity index (χ2n) is 4.97. The van der Waals surface area contributed by atoms with Gasteiger partial charge in [-0.05, 0) is 12.1 Å². The Morgan fingerprint density at radius 2 is 1.21 bits per heavy atom. The Morgan fingerprint density at radius 1 is 0.793 bits per heavy atom. The van der Waals surface area contributed by atoms with Gasteiger partial charge >= 0.3 is 23.3 Å². The summed E-state index contributed by atoms with van der Waals surface area (Å²) >= 11 is 0. The summed E-state index contributed by atoms with van der Waals surface area (Å²) in [5.41, 5.74) is -2.27. The van der Waals surface area contributed by atoms with Crippen LogP contribution in [0.2, 0.25) is 0 Å². The number of nitrogens with zero attached hydrogens (tertiary/aromatic N) is 2. The number of benzene rings is 2. The smallest absolute Gasteiger partial charge is 0.339 e. The van der Waals surface area contributed by atoms with Gasteiger partial charge in [0.2, 0.25) is 11.5 Å². The van der Waals surface area contributed by atoms with Gasteiger partial charge in [-0.25, -0.2) is 9.59 Å². The lowest BCUT2D eigenvalue weighted by atomic mass is 10.1. The molecule has 154 valence electrons. The minimum atomic E-state index is -1.48. The van der Waals surface area contributed by atoms with Gasteiger partial charge in [0, 0.05) is 12.1 Å². The summed E-state index contributed by atoms with van der Waals surface area (Å²) in [5.74, 6) is -6.08. The lowest BCUT2D eigenvalue weighted by Crippen LogP contribution is -2.02. The fraction of sp³-hybridized carbons (Fsp3) is 0.0667. The molecule has 0 unspecified atom stereocenters. The molecule has 0 aliphatic rings. The van der Waals surface area contributed by atoms with Crippen LogP contribution in [-0.2, 0) is 0 Å². The maximum atomic E-state index is 10.7. The van der Waals surface area contributed by atoms with Crippen LogP contribution in [0, 0.1) is 20.2 Å². The van der Waals surface area contributed by atoms with Crippen LogP contribution in [0.1, 0.15) is 20.7 Å². The minimum Gasteiger partial charge on any atom is -0.503 e. The SMILES string of the molecule is COc1c(C(=O)O)ccc([N+](=O)[O-])c1O.O=C(O)c1ccc([N+](=O)[O-])c(O)c1O. The van der Waals surface area contributed by atoms with E-state index in [1.807, 2.05) is 0 Å². The number of phenols is 3. The number of ether oxygens (including phenoxy) is 1. The number of nitro benzene ring substituents is 2. The lowest BCUT2D eigenvalue weighted by Gasteiger charge is -2.06. The van der Waals surface area contributed by atoms with Crippen LogP contribution in [0.4, 0.5) is 11.4 Å². The van der Waals surface area contributed by atoms with Crippen LogP contribution in [0.3, 0.4) is 0 Å². The lowest BCUT2D eigenvalue weighted by molar-refractivity contribution is -0.386. The summed E-state index contributed by atoms with van der Waals surface area (Å²) in [6, 6.07) is 3.55. The van der Waals surface area contributed by atoms with Crippen LogP contribution in [0.25, 0.3) is 0 Å². The Balaban J connectivity index is 0.000000291. The fourth-order valence-electron chi connectivity index (χ4n) is 1.97. The summed E-state index contributed by atoms with van der Waals surface area (Å²) in [6.07, 6.45) is 0. The highest BCUT2D eigenvalue weighted by atomic mass is 16.6. The van der Waals surface area contributed by atoms with Gasteiger partial charge in [-0.15, -0.1) is 0 Å². The number of aromatic carboxylic acids is 2. The van der Waals surface area contributed by atoms with Crippen molar-refractivity contribution in [3.63, 3.8) is 0 Å². The van der Waals surface area contributed by atoms with Crippen molar-refractivity contribution < 1.29 is 49.7 Å². The highest BCUT2D eigenvalue weighted by Gasteiger charge is 2.24. The van der Waals surface area contributed by atoms with Gasteiger partial charge in [0.15, 0.2) is 11.5 Å². The van der Waals surface area contributed by atoms with Crippen molar-refractivity contribution in [1.82, 2.24) is 0 Å². The van der Waals surface area contributed by atoms with E-state index in [2.05, 4.69) is 4.74 Å². The van der Waals surface area contributed by atoms with Crippen LogP contribution in [-0.4, -0.2) is 54.4 Å². The number of hydrogen-bond acceptors (Lipinski definition) is 10. The Kier molecular flexibility index (Phi) is 6.84. The number of nitro groups is 2. The van der Waals surface area contributed by atoms with Gasteiger partial charge in [-0.2, -0.15) is 0 Å². The predicted molar refractivity (Wildman–Crippen MR) is 91.7 cm³/mol. The average molecular weight is 412 g/mol. The van der Waals surface area contributed by atoms with Crippen molar-refractivity contribution in [2.75, 3.05) is 7.11 Å². The molecule has 0 aliphatic carbocycles. The predicted octanol–water partition coefficient (Wildman–Crippen LogP) is 1.71. The third kappa shape index (κ3) is 4.76. The van der Waals surface area contributed by atoms with E-state index >= 15 is 0 Å². The van der Waals surface area contributed by atoms with E-state index in [0.29, 0.717) is 0 Å². The number of aromatic hydroxyl groups is 3. The van der Waals surface area contributed by atoms with Crippen molar-refractivity contribution in [3.8, 4) is 23.0 Å². The fourth-order valence-corrected chi connectivity index (χ4v) is 1.97. The normalized spacial score (nSPS) is 9.69. The van der Waals surface area contributed by atoms with Crippen LogP contribution >= 0.6 is 0 Å². The molecule has 0 bridgehead atoms. The van der Waals surface area contributed by atoms with Gasteiger partial charge in [0.25, 0.3) is 0 Å². The minimum absolute atomic E-state index is 0.333. The molecule has 2 rings (SSSR count). The summed E-state index contributed by atoms with van der Waals surface area (Å²) in [5, 5.41) is 65.3. The number of carboxylic acids is 2. The molecule has 0 saturated heterocycles. The standard InChI is InChI=1S/C8H7NO6.C7H5NO6/c1-15-7-4(8(11)12)2-3-5(6(7)10)9(13)14;9-5-3(7(11)12)1-2-4(6(5)10)8(13)14/h2-3,10H,1H3,(H,11,12);1-2,9-10H,(H,11,12). The molecule has 0 aromatic heterocycles. The molecular formula is C15H12N2O12. The second-order valence-corrected chi connectivity index (χ2v) is 4.97. The second kappa shape index (κ2) is 8.85. The number of phenolic OH excluding ortho intramolecular Hbond substituents is 2. The molecule has 2 aromatic carbocycles. The van der Waals surface area contributed by atoms with Crippen LogP contribution in [0.15, 0.2) is 24.3 Å². The molecule has 14 heteroatoms. The molecule has 0 atom stereocenters. The van der Waals surface area contributed by atoms with E-state index in [1.165, 1.54) is 0 Å². The molecule has 0 saturated carbocycles. The van der Waals surface area contributed by atoms with Gasteiger partial charge < -0.3 is 30.3 Å². The number of hydrogen-bond donors (Lipinski definition) is 5. The first-order valence-corrected chi connectivity index (χ1v) is 7.14.